The molecule has 1 aliphatic rings. The van der Waals surface area contributed by atoms with Crippen molar-refractivity contribution in [2.75, 3.05) is 50.0 Å². The monoisotopic (exact) mass is 476 g/mol. The number of nitrogens with one attached hydrogen (secondary N) is 3. The highest BCUT2D eigenvalue weighted by Crippen LogP contribution is 2.33. The number of hydrogen-bond acceptors (Lipinski definition) is 7. The molecule has 0 aliphatic carbocycles. The number of nitrogens with zero attached hydrogens (tertiary/aromatic N) is 1. The highest BCUT2D eigenvalue weighted by molar-refractivity contribution is 7.92. The van der Waals surface area contributed by atoms with E-state index in [1.165, 1.54) is 20.3 Å². The molecule has 1 atom stereocenters. The lowest BCUT2D eigenvalue weighted by Gasteiger charge is -2.31. The van der Waals surface area contributed by atoms with Gasteiger partial charge in [-0.25, -0.2) is 8.42 Å². The number of carbonyl (C=O) groups is 1. The summed E-state index contributed by atoms with van der Waals surface area (Å²) in [4.78, 5) is 14.8. The zero-order chi connectivity index (χ0) is 24.0. The van der Waals surface area contributed by atoms with Crippen LogP contribution < -0.4 is 29.7 Å². The molecular weight excluding hydrogens is 444 g/mol. The summed E-state index contributed by atoms with van der Waals surface area (Å²) >= 11 is 0. The van der Waals surface area contributed by atoms with Crippen LogP contribution in [0.25, 0.3) is 0 Å². The Hall–Kier alpha value is -2.98. The second-order valence-corrected chi connectivity index (χ2v) is 9.52. The summed E-state index contributed by atoms with van der Waals surface area (Å²) in [6, 6.07) is 9.68. The van der Waals surface area contributed by atoms with Crippen molar-refractivity contribution < 1.29 is 22.7 Å². The van der Waals surface area contributed by atoms with Crippen LogP contribution in [-0.4, -0.2) is 60.8 Å². The minimum absolute atomic E-state index is 0.00605. The third-order valence-electron chi connectivity index (χ3n) is 5.61. The first-order valence-corrected chi connectivity index (χ1v) is 12.4. The van der Waals surface area contributed by atoms with Crippen LogP contribution in [-0.2, 0) is 10.0 Å². The van der Waals surface area contributed by atoms with Crippen LogP contribution in [0.4, 0.5) is 11.4 Å². The lowest BCUT2D eigenvalue weighted by Crippen LogP contribution is -2.43. The Morgan fingerprint density at radius 3 is 2.48 bits per heavy atom. The molecule has 0 radical (unpaired) electrons. The summed E-state index contributed by atoms with van der Waals surface area (Å²) in [5.74, 6) is 0.327. The average molecular weight is 477 g/mol. The number of carbonyl (C=O) groups excluding carboxylic acids is 1. The van der Waals surface area contributed by atoms with Crippen molar-refractivity contribution in [3.05, 3.63) is 42.0 Å². The van der Waals surface area contributed by atoms with Gasteiger partial charge < -0.3 is 25.0 Å². The average Bonchev–Trinajstić information content (AvgIpc) is 2.83. The summed E-state index contributed by atoms with van der Waals surface area (Å²) in [5.41, 5.74) is 1.42. The van der Waals surface area contributed by atoms with Gasteiger partial charge >= 0.3 is 0 Å². The van der Waals surface area contributed by atoms with Gasteiger partial charge in [0.1, 0.15) is 16.4 Å². The summed E-state index contributed by atoms with van der Waals surface area (Å²) in [6.45, 7) is 6.91. The van der Waals surface area contributed by atoms with Crippen LogP contribution in [0, 0.1) is 0 Å². The van der Waals surface area contributed by atoms with Gasteiger partial charge in [0.25, 0.3) is 15.9 Å². The quantitative estimate of drug-likeness (QED) is 0.510. The van der Waals surface area contributed by atoms with Crippen molar-refractivity contribution >= 4 is 27.3 Å². The topological polar surface area (TPSA) is 109 Å². The second-order valence-electron chi connectivity index (χ2n) is 7.87. The predicted molar refractivity (Wildman–Crippen MR) is 129 cm³/mol. The fourth-order valence-electron chi connectivity index (χ4n) is 3.54. The minimum Gasteiger partial charge on any atom is -0.497 e. The maximum Gasteiger partial charge on any atom is 0.265 e. The van der Waals surface area contributed by atoms with Gasteiger partial charge in [0.2, 0.25) is 0 Å². The summed E-state index contributed by atoms with van der Waals surface area (Å²) in [5, 5.41) is 6.21. The Labute approximate surface area is 195 Å². The lowest BCUT2D eigenvalue weighted by atomic mass is 10.1. The molecule has 1 heterocycles. The van der Waals surface area contributed by atoms with E-state index >= 15 is 0 Å². The van der Waals surface area contributed by atoms with E-state index in [-0.39, 0.29) is 22.6 Å². The first-order valence-electron chi connectivity index (χ1n) is 10.9. The third-order valence-corrected chi connectivity index (χ3v) is 7.00. The molecule has 0 aromatic heterocycles. The van der Waals surface area contributed by atoms with Gasteiger partial charge in [-0.3, -0.25) is 9.52 Å². The highest BCUT2D eigenvalue weighted by Gasteiger charge is 2.25. The number of anilines is 2. The van der Waals surface area contributed by atoms with Gasteiger partial charge in [0.05, 0.1) is 25.6 Å². The Kier molecular flexibility index (Phi) is 8.04. The van der Waals surface area contributed by atoms with Crippen molar-refractivity contribution in [3.63, 3.8) is 0 Å². The second kappa shape index (κ2) is 10.8. The maximum atomic E-state index is 13.4. The number of sulfonamides is 1. The molecule has 0 unspecified atom stereocenters. The lowest BCUT2D eigenvalue weighted by molar-refractivity contribution is 0.0939. The molecule has 9 nitrogen and oxygen atoms in total. The first kappa shape index (κ1) is 24.7. The van der Waals surface area contributed by atoms with Crippen LogP contribution in [0.1, 0.15) is 30.6 Å². The summed E-state index contributed by atoms with van der Waals surface area (Å²) in [6.07, 6.45) is 0.791. The number of piperazine rings is 1. The normalized spacial score (nSPS) is 15.0. The number of rotatable bonds is 9. The van der Waals surface area contributed by atoms with Crippen molar-refractivity contribution in [2.45, 2.75) is 31.2 Å². The zero-order valence-corrected chi connectivity index (χ0v) is 20.3. The Morgan fingerprint density at radius 2 is 1.85 bits per heavy atom. The van der Waals surface area contributed by atoms with E-state index in [0.29, 0.717) is 22.7 Å². The number of methoxy groups -OCH3 is 2. The van der Waals surface area contributed by atoms with Crippen molar-refractivity contribution in [1.82, 2.24) is 10.6 Å². The number of benzene rings is 2. The standard InChI is InChI=1S/C23H32N4O5S/c1-5-16(2)25-23(28)17-6-8-20(27-12-10-24-11-13-27)19(14-17)26-33(29,30)22-15-18(31-3)7-9-21(22)32-4/h6-9,14-16,24,26H,5,10-13H2,1-4H3,(H,25,28)/t16-/m0/s1. The van der Waals surface area contributed by atoms with E-state index in [1.807, 2.05) is 13.8 Å². The third kappa shape index (κ3) is 5.88. The van der Waals surface area contributed by atoms with E-state index in [9.17, 15) is 13.2 Å². The van der Waals surface area contributed by atoms with Crippen LogP contribution in [0.2, 0.25) is 0 Å². The van der Waals surface area contributed by atoms with Crippen LogP contribution in [0.5, 0.6) is 11.5 Å². The van der Waals surface area contributed by atoms with Gasteiger partial charge in [-0.05, 0) is 43.7 Å². The predicted octanol–water partition coefficient (Wildman–Crippen LogP) is 2.44. The molecular formula is C23H32N4O5S. The molecule has 0 spiro atoms. The van der Waals surface area contributed by atoms with Gasteiger partial charge in [-0.1, -0.05) is 6.92 Å². The molecule has 180 valence electrons. The SMILES string of the molecule is CC[C@H](C)NC(=O)c1ccc(N2CCNCC2)c(NS(=O)(=O)c2cc(OC)ccc2OC)c1. The summed E-state index contributed by atoms with van der Waals surface area (Å²) < 4.78 is 40.0. The minimum atomic E-state index is -4.05. The molecule has 3 N–H and O–H groups in total. The van der Waals surface area contributed by atoms with Gasteiger partial charge in [-0.2, -0.15) is 0 Å². The van der Waals surface area contributed by atoms with Crippen molar-refractivity contribution in [1.29, 1.82) is 0 Å². The van der Waals surface area contributed by atoms with Gasteiger partial charge in [0, 0.05) is 43.9 Å². The molecule has 1 saturated heterocycles. The first-order chi connectivity index (χ1) is 15.8. The number of hydrogen-bond donors (Lipinski definition) is 3. The molecule has 0 saturated carbocycles. The largest absolute Gasteiger partial charge is 0.497 e. The van der Waals surface area contributed by atoms with E-state index in [0.717, 1.165) is 32.6 Å². The Balaban J connectivity index is 2.03. The van der Waals surface area contributed by atoms with Crippen LogP contribution >= 0.6 is 0 Å². The fourth-order valence-corrected chi connectivity index (χ4v) is 4.79. The van der Waals surface area contributed by atoms with E-state index in [4.69, 9.17) is 9.47 Å². The number of ether oxygens (including phenoxy) is 2. The highest BCUT2D eigenvalue weighted by atomic mass is 32.2. The van der Waals surface area contributed by atoms with Gasteiger partial charge in [0.15, 0.2) is 0 Å². The Bertz CT molecular complexity index is 1080. The molecule has 3 rings (SSSR count). The molecule has 10 heteroatoms. The molecule has 1 fully saturated rings. The maximum absolute atomic E-state index is 13.4. The van der Waals surface area contributed by atoms with Gasteiger partial charge in [-0.15, -0.1) is 0 Å². The molecule has 1 amide bonds. The van der Waals surface area contributed by atoms with Crippen LogP contribution in [0.15, 0.2) is 41.3 Å². The molecule has 33 heavy (non-hydrogen) atoms. The van der Waals surface area contributed by atoms with Crippen molar-refractivity contribution in [2.24, 2.45) is 0 Å². The molecule has 0 bridgehead atoms. The Morgan fingerprint density at radius 1 is 1.12 bits per heavy atom. The smallest absolute Gasteiger partial charge is 0.265 e. The van der Waals surface area contributed by atoms with E-state index in [1.54, 1.807) is 30.3 Å². The molecule has 2 aromatic rings. The molecule has 1 aliphatic heterocycles. The number of amides is 1. The molecule has 2 aromatic carbocycles. The van der Waals surface area contributed by atoms with E-state index in [2.05, 4.69) is 20.3 Å². The zero-order valence-electron chi connectivity index (χ0n) is 19.5. The van der Waals surface area contributed by atoms with Crippen LogP contribution in [0.3, 0.4) is 0 Å². The van der Waals surface area contributed by atoms with Crippen molar-refractivity contribution in [3.8, 4) is 11.5 Å². The fraction of sp³-hybridized carbons (Fsp3) is 0.435. The summed E-state index contributed by atoms with van der Waals surface area (Å²) in [7, 11) is -1.17. The van der Waals surface area contributed by atoms with E-state index < -0.39 is 10.0 Å².